The summed E-state index contributed by atoms with van der Waals surface area (Å²) in [6.07, 6.45) is 0. The number of nitrogens with zero attached hydrogens (tertiary/aromatic N) is 1. The van der Waals surface area contributed by atoms with E-state index in [-0.39, 0.29) is 24.2 Å². The van der Waals surface area contributed by atoms with E-state index in [1.165, 1.54) is 4.57 Å². The molecule has 2 N–H and O–H groups in total. The van der Waals surface area contributed by atoms with Crippen molar-refractivity contribution >= 4 is 0 Å². The van der Waals surface area contributed by atoms with Crippen LogP contribution in [0.2, 0.25) is 0 Å². The Kier molecular flexibility index (Phi) is 3.76. The highest BCUT2D eigenvalue weighted by molar-refractivity contribution is 5.22. The van der Waals surface area contributed by atoms with E-state index in [2.05, 4.69) is 0 Å². The van der Waals surface area contributed by atoms with Crippen molar-refractivity contribution in [1.82, 2.24) is 4.57 Å². The highest BCUT2D eigenvalue weighted by atomic mass is 19.1. The van der Waals surface area contributed by atoms with E-state index in [0.717, 1.165) is 18.2 Å². The average Bonchev–Trinajstić information content (AvgIpc) is 2.38. The lowest BCUT2D eigenvalue weighted by molar-refractivity contribution is 0.571. The van der Waals surface area contributed by atoms with Crippen LogP contribution in [0.4, 0.5) is 8.78 Å². The first kappa shape index (κ1) is 13.4. The summed E-state index contributed by atoms with van der Waals surface area (Å²) in [5, 5.41) is 0. The second-order valence-corrected chi connectivity index (χ2v) is 4.33. The summed E-state index contributed by atoms with van der Waals surface area (Å²) in [4.78, 5) is 12.1. The molecular formula is C14H14F2N2O. The summed E-state index contributed by atoms with van der Waals surface area (Å²) in [6, 6.07) is 6.58. The lowest BCUT2D eigenvalue weighted by atomic mass is 10.1. The molecule has 2 aromatic rings. The van der Waals surface area contributed by atoms with E-state index in [9.17, 15) is 13.6 Å². The Bertz CT molecular complexity index is 665. The van der Waals surface area contributed by atoms with Crippen LogP contribution in [0.25, 0.3) is 0 Å². The van der Waals surface area contributed by atoms with Crippen LogP contribution in [-0.2, 0) is 13.1 Å². The topological polar surface area (TPSA) is 48.0 Å². The van der Waals surface area contributed by atoms with Gasteiger partial charge in [0, 0.05) is 23.4 Å². The van der Waals surface area contributed by atoms with Gasteiger partial charge in [0.15, 0.2) is 0 Å². The first-order chi connectivity index (χ1) is 9.02. The molecule has 0 aliphatic rings. The molecule has 0 saturated heterocycles. The van der Waals surface area contributed by atoms with Crippen LogP contribution in [0.5, 0.6) is 0 Å². The van der Waals surface area contributed by atoms with Crippen LogP contribution in [0, 0.1) is 18.6 Å². The maximum absolute atomic E-state index is 13.6. The Hall–Kier alpha value is -2.01. The molecule has 0 amide bonds. The van der Waals surface area contributed by atoms with Crippen LogP contribution in [-0.4, -0.2) is 4.57 Å². The first-order valence-electron chi connectivity index (χ1n) is 5.86. The quantitative estimate of drug-likeness (QED) is 0.921. The van der Waals surface area contributed by atoms with Gasteiger partial charge in [-0.05, 0) is 31.2 Å². The van der Waals surface area contributed by atoms with Crippen molar-refractivity contribution in [3.05, 3.63) is 69.1 Å². The Labute approximate surface area is 109 Å². The lowest BCUT2D eigenvalue weighted by Crippen LogP contribution is -2.27. The number of hydrogen-bond acceptors (Lipinski definition) is 2. The minimum atomic E-state index is -0.536. The van der Waals surface area contributed by atoms with Crippen LogP contribution in [0.3, 0.4) is 0 Å². The van der Waals surface area contributed by atoms with Gasteiger partial charge < -0.3 is 10.3 Å². The molecule has 0 bridgehead atoms. The standard InChI is InChI=1S/C14H14F2N2O/c1-9-2-3-10(7-17)14(19)18(9)8-11-6-12(15)4-5-13(11)16/h2-6H,7-8,17H2,1H3. The Morgan fingerprint density at radius 2 is 1.89 bits per heavy atom. The van der Waals surface area contributed by atoms with Crippen molar-refractivity contribution in [2.75, 3.05) is 0 Å². The zero-order chi connectivity index (χ0) is 14.0. The second-order valence-electron chi connectivity index (χ2n) is 4.33. The van der Waals surface area contributed by atoms with Gasteiger partial charge >= 0.3 is 0 Å². The summed E-state index contributed by atoms with van der Waals surface area (Å²) in [6.45, 7) is 1.84. The number of nitrogens with two attached hydrogens (primary N) is 1. The Balaban J connectivity index is 2.49. The molecule has 0 fully saturated rings. The fraction of sp³-hybridized carbons (Fsp3) is 0.214. The van der Waals surface area contributed by atoms with Gasteiger partial charge in [0.05, 0.1) is 6.54 Å². The summed E-state index contributed by atoms with van der Waals surface area (Å²) in [5.74, 6) is -1.07. The van der Waals surface area contributed by atoms with E-state index < -0.39 is 11.6 Å². The highest BCUT2D eigenvalue weighted by Gasteiger charge is 2.09. The maximum atomic E-state index is 13.6. The number of hydrogen-bond donors (Lipinski definition) is 1. The predicted molar refractivity (Wildman–Crippen MR) is 68.8 cm³/mol. The van der Waals surface area contributed by atoms with Crippen molar-refractivity contribution in [1.29, 1.82) is 0 Å². The van der Waals surface area contributed by atoms with Gasteiger partial charge in [-0.3, -0.25) is 4.79 Å². The molecule has 1 aromatic heterocycles. The fourth-order valence-electron chi connectivity index (χ4n) is 1.90. The average molecular weight is 264 g/mol. The van der Waals surface area contributed by atoms with Crippen LogP contribution < -0.4 is 11.3 Å². The smallest absolute Gasteiger partial charge is 0.255 e. The van der Waals surface area contributed by atoms with Crippen LogP contribution in [0.1, 0.15) is 16.8 Å². The number of aryl methyl sites for hydroxylation is 1. The summed E-state index contributed by atoms with van der Waals surface area (Å²) in [5.41, 5.74) is 6.45. The van der Waals surface area contributed by atoms with E-state index >= 15 is 0 Å². The lowest BCUT2D eigenvalue weighted by Gasteiger charge is -2.12. The monoisotopic (exact) mass is 264 g/mol. The van der Waals surface area contributed by atoms with E-state index in [1.807, 2.05) is 0 Å². The molecule has 1 aromatic carbocycles. The molecule has 2 rings (SSSR count). The zero-order valence-electron chi connectivity index (χ0n) is 10.5. The molecule has 19 heavy (non-hydrogen) atoms. The zero-order valence-corrected chi connectivity index (χ0v) is 10.5. The summed E-state index contributed by atoms with van der Waals surface area (Å²) >= 11 is 0. The molecule has 100 valence electrons. The fourth-order valence-corrected chi connectivity index (χ4v) is 1.90. The number of pyridine rings is 1. The highest BCUT2D eigenvalue weighted by Crippen LogP contribution is 2.12. The van der Waals surface area contributed by atoms with Gasteiger partial charge in [0.1, 0.15) is 11.6 Å². The Morgan fingerprint density at radius 1 is 1.16 bits per heavy atom. The molecule has 0 saturated carbocycles. The molecule has 3 nitrogen and oxygen atoms in total. The third kappa shape index (κ3) is 2.71. The molecule has 0 radical (unpaired) electrons. The van der Waals surface area contributed by atoms with E-state index in [1.54, 1.807) is 19.1 Å². The number of rotatable bonds is 3. The van der Waals surface area contributed by atoms with Gasteiger partial charge in [-0.15, -0.1) is 0 Å². The van der Waals surface area contributed by atoms with Gasteiger partial charge in [-0.2, -0.15) is 0 Å². The van der Waals surface area contributed by atoms with Gasteiger partial charge in [0.2, 0.25) is 0 Å². The molecule has 0 aliphatic heterocycles. The van der Waals surface area contributed by atoms with Crippen LogP contribution in [0.15, 0.2) is 35.1 Å². The molecule has 1 heterocycles. The van der Waals surface area contributed by atoms with E-state index in [0.29, 0.717) is 11.3 Å². The predicted octanol–water partition coefficient (Wildman–Crippen LogP) is 1.94. The molecule has 0 unspecified atom stereocenters. The largest absolute Gasteiger partial charge is 0.326 e. The second kappa shape index (κ2) is 5.32. The summed E-state index contributed by atoms with van der Waals surface area (Å²) < 4.78 is 28.1. The third-order valence-electron chi connectivity index (χ3n) is 3.03. The van der Waals surface area contributed by atoms with Crippen LogP contribution >= 0.6 is 0 Å². The summed E-state index contributed by atoms with van der Waals surface area (Å²) in [7, 11) is 0. The number of aromatic nitrogens is 1. The maximum Gasteiger partial charge on any atom is 0.255 e. The first-order valence-corrected chi connectivity index (χ1v) is 5.86. The van der Waals surface area contributed by atoms with Gasteiger partial charge in [0.25, 0.3) is 5.56 Å². The normalized spacial score (nSPS) is 10.7. The minimum absolute atomic E-state index is 0.0118. The van der Waals surface area contributed by atoms with Gasteiger partial charge in [-0.25, -0.2) is 8.78 Å². The third-order valence-corrected chi connectivity index (χ3v) is 3.03. The van der Waals surface area contributed by atoms with Crippen molar-refractivity contribution in [3.63, 3.8) is 0 Å². The van der Waals surface area contributed by atoms with Crippen molar-refractivity contribution in [2.24, 2.45) is 5.73 Å². The van der Waals surface area contributed by atoms with Crippen molar-refractivity contribution in [3.8, 4) is 0 Å². The van der Waals surface area contributed by atoms with E-state index in [4.69, 9.17) is 5.73 Å². The molecule has 0 atom stereocenters. The SMILES string of the molecule is Cc1ccc(CN)c(=O)n1Cc1cc(F)ccc1F. The van der Waals surface area contributed by atoms with Gasteiger partial charge in [-0.1, -0.05) is 6.07 Å². The number of halogens is 2. The molecular weight excluding hydrogens is 250 g/mol. The van der Waals surface area contributed by atoms with Crippen molar-refractivity contribution < 1.29 is 8.78 Å². The molecule has 5 heteroatoms. The minimum Gasteiger partial charge on any atom is -0.326 e. The van der Waals surface area contributed by atoms with Crippen molar-refractivity contribution in [2.45, 2.75) is 20.0 Å². The molecule has 0 aliphatic carbocycles. The number of benzene rings is 1. The molecule has 0 spiro atoms. The Morgan fingerprint density at radius 3 is 2.58 bits per heavy atom.